The lowest BCUT2D eigenvalue weighted by molar-refractivity contribution is 0.780. The summed E-state index contributed by atoms with van der Waals surface area (Å²) in [6.07, 6.45) is 6.95. The number of aromatic nitrogens is 3. The van der Waals surface area contributed by atoms with E-state index in [0.29, 0.717) is 5.02 Å². The van der Waals surface area contributed by atoms with Crippen LogP contribution >= 0.6 is 11.6 Å². The molecule has 0 spiro atoms. The van der Waals surface area contributed by atoms with Crippen molar-refractivity contribution in [2.45, 2.75) is 19.3 Å². The average Bonchev–Trinajstić information content (AvgIpc) is 2.78. The van der Waals surface area contributed by atoms with E-state index in [-0.39, 0.29) is 0 Å². The Morgan fingerprint density at radius 3 is 2.70 bits per heavy atom. The molecule has 0 bridgehead atoms. The van der Waals surface area contributed by atoms with Crippen molar-refractivity contribution in [3.63, 3.8) is 0 Å². The van der Waals surface area contributed by atoms with Gasteiger partial charge in [0.2, 0.25) is 0 Å². The van der Waals surface area contributed by atoms with Crippen LogP contribution in [-0.2, 0) is 6.42 Å². The maximum absolute atomic E-state index is 6.40. The second-order valence-corrected chi connectivity index (χ2v) is 6.07. The quantitative estimate of drug-likeness (QED) is 0.762. The lowest BCUT2D eigenvalue weighted by Crippen LogP contribution is -2.07. The molecule has 0 fully saturated rings. The molecule has 4 rings (SSSR count). The SMILES string of the molecule is Clc1ccccc1-n1nc(-c2ccncc2)c2c1NCCCC2. The summed E-state index contributed by atoms with van der Waals surface area (Å²) in [5.41, 5.74) is 4.26. The first-order chi connectivity index (χ1) is 11.3. The van der Waals surface area contributed by atoms with Gasteiger partial charge in [0.1, 0.15) is 5.82 Å². The van der Waals surface area contributed by atoms with Crippen molar-refractivity contribution in [2.24, 2.45) is 0 Å². The largest absolute Gasteiger partial charge is 0.370 e. The molecule has 116 valence electrons. The van der Waals surface area contributed by atoms with Gasteiger partial charge in [0.25, 0.3) is 0 Å². The Hall–Kier alpha value is -2.33. The molecular formula is C18H17ClN4. The first-order valence-corrected chi connectivity index (χ1v) is 8.23. The number of rotatable bonds is 2. The second-order valence-electron chi connectivity index (χ2n) is 5.66. The summed E-state index contributed by atoms with van der Waals surface area (Å²) >= 11 is 6.40. The molecule has 23 heavy (non-hydrogen) atoms. The maximum Gasteiger partial charge on any atom is 0.133 e. The number of pyridine rings is 1. The number of halogens is 1. The molecule has 1 aliphatic heterocycles. The number of nitrogens with zero attached hydrogens (tertiary/aromatic N) is 3. The van der Waals surface area contributed by atoms with Gasteiger partial charge < -0.3 is 5.32 Å². The van der Waals surface area contributed by atoms with Crippen LogP contribution in [0.4, 0.5) is 5.82 Å². The van der Waals surface area contributed by atoms with E-state index in [0.717, 1.165) is 48.6 Å². The first kappa shape index (κ1) is 14.3. The Bertz CT molecular complexity index is 826. The van der Waals surface area contributed by atoms with Crippen molar-refractivity contribution in [3.8, 4) is 16.9 Å². The second kappa shape index (κ2) is 6.05. The molecule has 1 aliphatic rings. The molecule has 0 atom stereocenters. The van der Waals surface area contributed by atoms with Crippen molar-refractivity contribution in [1.82, 2.24) is 14.8 Å². The lowest BCUT2D eigenvalue weighted by atomic mass is 10.0. The summed E-state index contributed by atoms with van der Waals surface area (Å²) in [5.74, 6) is 1.06. The third kappa shape index (κ3) is 2.59. The van der Waals surface area contributed by atoms with Crippen molar-refractivity contribution < 1.29 is 0 Å². The Kier molecular flexibility index (Phi) is 3.75. The first-order valence-electron chi connectivity index (χ1n) is 7.85. The van der Waals surface area contributed by atoms with Crippen LogP contribution in [0.3, 0.4) is 0 Å². The van der Waals surface area contributed by atoms with Crippen LogP contribution in [0.5, 0.6) is 0 Å². The summed E-state index contributed by atoms with van der Waals surface area (Å²) in [4.78, 5) is 4.11. The summed E-state index contributed by atoms with van der Waals surface area (Å²) < 4.78 is 1.94. The highest BCUT2D eigenvalue weighted by molar-refractivity contribution is 6.32. The van der Waals surface area contributed by atoms with Gasteiger partial charge in [-0.25, -0.2) is 4.68 Å². The van der Waals surface area contributed by atoms with Gasteiger partial charge in [-0.05, 0) is 43.5 Å². The summed E-state index contributed by atoms with van der Waals surface area (Å²) in [6.45, 7) is 0.957. The molecule has 1 aromatic carbocycles. The minimum Gasteiger partial charge on any atom is -0.370 e. The predicted molar refractivity (Wildman–Crippen MR) is 93.2 cm³/mol. The number of hydrogen-bond donors (Lipinski definition) is 1. The van der Waals surface area contributed by atoms with Crippen molar-refractivity contribution in [3.05, 3.63) is 59.4 Å². The molecule has 0 saturated carbocycles. The maximum atomic E-state index is 6.40. The Morgan fingerprint density at radius 1 is 1.04 bits per heavy atom. The van der Waals surface area contributed by atoms with E-state index in [2.05, 4.69) is 10.3 Å². The van der Waals surface area contributed by atoms with Crippen LogP contribution in [-0.4, -0.2) is 21.3 Å². The number of para-hydroxylation sites is 1. The van der Waals surface area contributed by atoms with E-state index < -0.39 is 0 Å². The van der Waals surface area contributed by atoms with Crippen LogP contribution in [0.2, 0.25) is 5.02 Å². The van der Waals surface area contributed by atoms with Gasteiger partial charge in [0.05, 0.1) is 16.4 Å². The van der Waals surface area contributed by atoms with Crippen LogP contribution in [0.15, 0.2) is 48.8 Å². The van der Waals surface area contributed by atoms with Gasteiger partial charge in [-0.15, -0.1) is 0 Å². The average molecular weight is 325 g/mol. The number of fused-ring (bicyclic) bond motifs is 1. The van der Waals surface area contributed by atoms with Crippen molar-refractivity contribution >= 4 is 17.4 Å². The van der Waals surface area contributed by atoms with Crippen molar-refractivity contribution in [2.75, 3.05) is 11.9 Å². The summed E-state index contributed by atoms with van der Waals surface area (Å²) in [6, 6.07) is 11.8. The molecule has 2 aromatic heterocycles. The molecular weight excluding hydrogens is 308 g/mol. The molecule has 3 heterocycles. The molecule has 0 saturated heterocycles. The molecule has 0 unspecified atom stereocenters. The summed E-state index contributed by atoms with van der Waals surface area (Å²) in [7, 11) is 0. The van der Waals surface area contributed by atoms with Gasteiger partial charge in [0, 0.05) is 30.1 Å². The zero-order valence-corrected chi connectivity index (χ0v) is 13.4. The Labute approximate surface area is 140 Å². The van der Waals surface area contributed by atoms with Crippen LogP contribution in [0.1, 0.15) is 18.4 Å². The van der Waals surface area contributed by atoms with E-state index >= 15 is 0 Å². The predicted octanol–water partition coefficient (Wildman–Crippen LogP) is 4.34. The summed E-state index contributed by atoms with van der Waals surface area (Å²) in [5, 5.41) is 9.11. The Morgan fingerprint density at radius 2 is 1.87 bits per heavy atom. The monoisotopic (exact) mass is 324 g/mol. The van der Waals surface area contributed by atoms with E-state index in [1.807, 2.05) is 41.1 Å². The normalized spacial score (nSPS) is 14.0. The highest BCUT2D eigenvalue weighted by atomic mass is 35.5. The molecule has 4 nitrogen and oxygen atoms in total. The number of nitrogens with one attached hydrogen (secondary N) is 1. The number of anilines is 1. The van der Waals surface area contributed by atoms with E-state index in [9.17, 15) is 0 Å². The van der Waals surface area contributed by atoms with Gasteiger partial charge >= 0.3 is 0 Å². The zero-order chi connectivity index (χ0) is 15.6. The third-order valence-electron chi connectivity index (χ3n) is 4.16. The fraction of sp³-hybridized carbons (Fsp3) is 0.222. The topological polar surface area (TPSA) is 42.7 Å². The number of benzene rings is 1. The van der Waals surface area contributed by atoms with Crippen molar-refractivity contribution in [1.29, 1.82) is 0 Å². The minimum atomic E-state index is 0.699. The fourth-order valence-electron chi connectivity index (χ4n) is 3.04. The van der Waals surface area contributed by atoms with Crippen LogP contribution in [0, 0.1) is 0 Å². The van der Waals surface area contributed by atoms with E-state index in [1.54, 1.807) is 12.4 Å². The van der Waals surface area contributed by atoms with Gasteiger partial charge in [-0.3, -0.25) is 4.98 Å². The molecule has 0 radical (unpaired) electrons. The molecule has 3 aromatic rings. The van der Waals surface area contributed by atoms with Gasteiger partial charge in [-0.1, -0.05) is 23.7 Å². The standard InChI is InChI=1S/C18H17ClN4/c19-15-6-1-2-7-16(15)23-18-14(5-3-4-10-21-18)17(22-23)13-8-11-20-12-9-13/h1-2,6-9,11-12,21H,3-5,10H2. The van der Waals surface area contributed by atoms with E-state index in [4.69, 9.17) is 16.7 Å². The number of hydrogen-bond acceptors (Lipinski definition) is 3. The smallest absolute Gasteiger partial charge is 0.133 e. The van der Waals surface area contributed by atoms with E-state index in [1.165, 1.54) is 5.56 Å². The molecule has 1 N–H and O–H groups in total. The van der Waals surface area contributed by atoms with Gasteiger partial charge in [-0.2, -0.15) is 5.10 Å². The minimum absolute atomic E-state index is 0.699. The highest BCUT2D eigenvalue weighted by Gasteiger charge is 2.22. The molecule has 5 heteroatoms. The third-order valence-corrected chi connectivity index (χ3v) is 4.48. The fourth-order valence-corrected chi connectivity index (χ4v) is 3.26. The van der Waals surface area contributed by atoms with Gasteiger partial charge in [0.15, 0.2) is 0 Å². The van der Waals surface area contributed by atoms with Crippen LogP contribution < -0.4 is 5.32 Å². The Balaban J connectivity index is 1.94. The molecule has 0 amide bonds. The van der Waals surface area contributed by atoms with Crippen LogP contribution in [0.25, 0.3) is 16.9 Å². The highest BCUT2D eigenvalue weighted by Crippen LogP contribution is 2.35. The zero-order valence-electron chi connectivity index (χ0n) is 12.7. The lowest BCUT2D eigenvalue weighted by Gasteiger charge is -2.10. The molecule has 0 aliphatic carbocycles.